The van der Waals surface area contributed by atoms with Crippen molar-refractivity contribution in [1.29, 1.82) is 0 Å². The minimum absolute atomic E-state index is 0.0596. The van der Waals surface area contributed by atoms with Crippen molar-refractivity contribution in [2.75, 3.05) is 67.7 Å². The molecule has 8 heteroatoms. The summed E-state index contributed by atoms with van der Waals surface area (Å²) in [6.07, 6.45) is 1.62. The molecule has 2 saturated heterocycles. The summed E-state index contributed by atoms with van der Waals surface area (Å²) < 4.78 is 19.3. The van der Waals surface area contributed by atoms with Crippen molar-refractivity contribution in [2.24, 2.45) is 0 Å². The standard InChI is InChI=1S/C20H26FN5OS/c21-17-3-1-2-16(12-17)18(25-4-8-27-9-5-25)14-22-19-13-20(24-15-23-19)26-6-10-28-11-7-26/h1-3,12-13,15,18H,4-11,14H2,(H,22,23,24). The number of nitrogens with zero attached hydrogens (tertiary/aromatic N) is 4. The molecule has 0 spiro atoms. The molecule has 2 aliphatic rings. The Kier molecular flexibility index (Phi) is 6.61. The van der Waals surface area contributed by atoms with Crippen molar-refractivity contribution in [2.45, 2.75) is 6.04 Å². The summed E-state index contributed by atoms with van der Waals surface area (Å²) in [6, 6.07) is 8.94. The van der Waals surface area contributed by atoms with E-state index in [1.807, 2.05) is 23.9 Å². The third-order valence-corrected chi connectivity index (χ3v) is 6.13. The van der Waals surface area contributed by atoms with E-state index in [2.05, 4.69) is 25.1 Å². The van der Waals surface area contributed by atoms with Crippen LogP contribution in [0.15, 0.2) is 36.7 Å². The molecule has 1 unspecified atom stereocenters. The molecule has 4 rings (SSSR count). The summed E-state index contributed by atoms with van der Waals surface area (Å²) in [4.78, 5) is 13.5. The SMILES string of the molecule is Fc1cccc(C(CNc2cc(N3CCSCC3)ncn2)N2CCOCC2)c1. The molecule has 0 amide bonds. The zero-order chi connectivity index (χ0) is 19.2. The first-order chi connectivity index (χ1) is 13.8. The lowest BCUT2D eigenvalue weighted by atomic mass is 10.0. The number of morpholine rings is 1. The molecule has 2 fully saturated rings. The number of benzene rings is 1. The van der Waals surface area contributed by atoms with Crippen LogP contribution >= 0.6 is 11.8 Å². The van der Waals surface area contributed by atoms with Gasteiger partial charge in [0.25, 0.3) is 0 Å². The van der Waals surface area contributed by atoms with Crippen LogP contribution in [-0.4, -0.2) is 72.3 Å². The Hall–Kier alpha value is -1.90. The van der Waals surface area contributed by atoms with E-state index in [1.165, 1.54) is 6.07 Å². The summed E-state index contributed by atoms with van der Waals surface area (Å²) in [5.41, 5.74) is 0.969. The largest absolute Gasteiger partial charge is 0.379 e. The minimum atomic E-state index is -0.206. The van der Waals surface area contributed by atoms with E-state index in [-0.39, 0.29) is 11.9 Å². The molecule has 0 saturated carbocycles. The molecule has 2 aliphatic heterocycles. The van der Waals surface area contributed by atoms with Crippen LogP contribution in [0.3, 0.4) is 0 Å². The van der Waals surface area contributed by atoms with Gasteiger partial charge in [-0.25, -0.2) is 14.4 Å². The molecule has 2 aromatic rings. The Labute approximate surface area is 169 Å². The normalized spacial score (nSPS) is 19.4. The zero-order valence-corrected chi connectivity index (χ0v) is 16.7. The van der Waals surface area contributed by atoms with Crippen molar-refractivity contribution >= 4 is 23.4 Å². The van der Waals surface area contributed by atoms with Crippen LogP contribution in [0.4, 0.5) is 16.0 Å². The molecule has 1 aromatic carbocycles. The Bertz CT molecular complexity index is 768. The Morgan fingerprint density at radius 2 is 1.93 bits per heavy atom. The maximum absolute atomic E-state index is 13.8. The van der Waals surface area contributed by atoms with Crippen LogP contribution in [-0.2, 0) is 4.74 Å². The van der Waals surface area contributed by atoms with E-state index in [9.17, 15) is 4.39 Å². The Morgan fingerprint density at radius 1 is 1.11 bits per heavy atom. The highest BCUT2D eigenvalue weighted by molar-refractivity contribution is 7.99. The summed E-state index contributed by atoms with van der Waals surface area (Å²) in [7, 11) is 0. The average molecular weight is 404 g/mol. The van der Waals surface area contributed by atoms with Gasteiger partial charge in [0, 0.05) is 50.3 Å². The fourth-order valence-corrected chi connectivity index (χ4v) is 4.57. The van der Waals surface area contributed by atoms with Crippen LogP contribution in [0, 0.1) is 5.82 Å². The first-order valence-electron chi connectivity index (χ1n) is 9.75. The second-order valence-corrected chi connectivity index (χ2v) is 8.19. The van der Waals surface area contributed by atoms with Crippen molar-refractivity contribution in [3.8, 4) is 0 Å². The molecular weight excluding hydrogens is 377 g/mol. The fraction of sp³-hybridized carbons (Fsp3) is 0.500. The fourth-order valence-electron chi connectivity index (χ4n) is 3.67. The molecule has 150 valence electrons. The van der Waals surface area contributed by atoms with Crippen LogP contribution in [0.5, 0.6) is 0 Å². The topological polar surface area (TPSA) is 53.5 Å². The van der Waals surface area contributed by atoms with Gasteiger partial charge in [0.05, 0.1) is 19.3 Å². The second-order valence-electron chi connectivity index (χ2n) is 6.96. The number of thioether (sulfide) groups is 1. The van der Waals surface area contributed by atoms with E-state index in [4.69, 9.17) is 4.74 Å². The van der Waals surface area contributed by atoms with E-state index in [0.717, 1.165) is 54.9 Å². The summed E-state index contributed by atoms with van der Waals surface area (Å²) in [6.45, 7) is 5.76. The van der Waals surface area contributed by atoms with Crippen molar-refractivity contribution in [1.82, 2.24) is 14.9 Å². The van der Waals surface area contributed by atoms with Crippen LogP contribution < -0.4 is 10.2 Å². The lowest BCUT2D eigenvalue weighted by Gasteiger charge is -2.35. The molecule has 1 aromatic heterocycles. The van der Waals surface area contributed by atoms with Gasteiger partial charge in [-0.3, -0.25) is 4.90 Å². The number of rotatable bonds is 6. The predicted octanol–water partition coefficient (Wildman–Crippen LogP) is 2.65. The molecule has 28 heavy (non-hydrogen) atoms. The minimum Gasteiger partial charge on any atom is -0.379 e. The Morgan fingerprint density at radius 3 is 2.71 bits per heavy atom. The Balaban J connectivity index is 1.48. The molecular formula is C20H26FN5OS. The number of ether oxygens (including phenoxy) is 1. The van der Waals surface area contributed by atoms with Gasteiger partial charge in [-0.1, -0.05) is 12.1 Å². The number of aromatic nitrogens is 2. The predicted molar refractivity (Wildman–Crippen MR) is 112 cm³/mol. The number of hydrogen-bond donors (Lipinski definition) is 1. The summed E-state index contributed by atoms with van der Waals surface area (Å²) in [5.74, 6) is 3.82. The number of nitrogens with one attached hydrogen (secondary N) is 1. The number of anilines is 2. The molecule has 6 nitrogen and oxygen atoms in total. The lowest BCUT2D eigenvalue weighted by molar-refractivity contribution is 0.0186. The van der Waals surface area contributed by atoms with Gasteiger partial charge in [-0.2, -0.15) is 11.8 Å². The summed E-state index contributed by atoms with van der Waals surface area (Å²) in [5, 5.41) is 3.45. The maximum atomic E-state index is 13.8. The zero-order valence-electron chi connectivity index (χ0n) is 15.9. The highest BCUT2D eigenvalue weighted by atomic mass is 32.2. The maximum Gasteiger partial charge on any atom is 0.134 e. The van der Waals surface area contributed by atoms with Gasteiger partial charge >= 0.3 is 0 Å². The van der Waals surface area contributed by atoms with Gasteiger partial charge in [0.1, 0.15) is 23.8 Å². The molecule has 0 bridgehead atoms. The first-order valence-corrected chi connectivity index (χ1v) is 10.9. The van der Waals surface area contributed by atoms with E-state index < -0.39 is 0 Å². The quantitative estimate of drug-likeness (QED) is 0.796. The van der Waals surface area contributed by atoms with E-state index in [0.29, 0.717) is 19.8 Å². The highest BCUT2D eigenvalue weighted by Gasteiger charge is 2.23. The second kappa shape index (κ2) is 9.54. The molecule has 3 heterocycles. The van der Waals surface area contributed by atoms with Crippen LogP contribution in [0.2, 0.25) is 0 Å². The average Bonchev–Trinajstić information content (AvgIpc) is 2.76. The number of hydrogen-bond acceptors (Lipinski definition) is 7. The molecule has 1 N–H and O–H groups in total. The van der Waals surface area contributed by atoms with Gasteiger partial charge < -0.3 is 15.0 Å². The van der Waals surface area contributed by atoms with Crippen molar-refractivity contribution in [3.63, 3.8) is 0 Å². The monoisotopic (exact) mass is 403 g/mol. The number of halogens is 1. The van der Waals surface area contributed by atoms with Crippen LogP contribution in [0.1, 0.15) is 11.6 Å². The lowest BCUT2D eigenvalue weighted by Crippen LogP contribution is -2.41. The molecule has 0 radical (unpaired) electrons. The van der Waals surface area contributed by atoms with E-state index in [1.54, 1.807) is 18.5 Å². The van der Waals surface area contributed by atoms with Gasteiger partial charge in [0.15, 0.2) is 0 Å². The molecule has 1 atom stereocenters. The van der Waals surface area contributed by atoms with Crippen LogP contribution in [0.25, 0.3) is 0 Å². The van der Waals surface area contributed by atoms with E-state index >= 15 is 0 Å². The molecule has 0 aliphatic carbocycles. The first kappa shape index (κ1) is 19.4. The third kappa shape index (κ3) is 4.92. The smallest absolute Gasteiger partial charge is 0.134 e. The van der Waals surface area contributed by atoms with Gasteiger partial charge in [0.2, 0.25) is 0 Å². The van der Waals surface area contributed by atoms with Gasteiger partial charge in [-0.05, 0) is 17.7 Å². The van der Waals surface area contributed by atoms with Crippen molar-refractivity contribution < 1.29 is 9.13 Å². The van der Waals surface area contributed by atoms with Gasteiger partial charge in [-0.15, -0.1) is 0 Å². The summed E-state index contributed by atoms with van der Waals surface area (Å²) >= 11 is 1.98. The van der Waals surface area contributed by atoms with Crippen molar-refractivity contribution in [3.05, 3.63) is 48.0 Å². The highest BCUT2D eigenvalue weighted by Crippen LogP contribution is 2.24. The third-order valence-electron chi connectivity index (χ3n) is 5.18.